The number of hydrogen-bond acceptors (Lipinski definition) is 3. The van der Waals surface area contributed by atoms with Crippen molar-refractivity contribution in [2.75, 3.05) is 11.9 Å². The topological polar surface area (TPSA) is 81.4 Å². The Balaban J connectivity index is 2.00. The molecule has 0 atom stereocenters. The van der Waals surface area contributed by atoms with E-state index in [0.717, 1.165) is 17.7 Å². The van der Waals surface area contributed by atoms with Crippen molar-refractivity contribution in [3.63, 3.8) is 0 Å². The Morgan fingerprint density at radius 2 is 1.77 bits per heavy atom. The molecule has 0 bridgehead atoms. The molecule has 5 nitrogen and oxygen atoms in total. The summed E-state index contributed by atoms with van der Waals surface area (Å²) in [5, 5.41) is 2.80. The highest BCUT2D eigenvalue weighted by Crippen LogP contribution is 2.18. The molecule has 0 fully saturated rings. The van der Waals surface area contributed by atoms with Crippen LogP contribution in [0.4, 0.5) is 5.69 Å². The fourth-order valence-electron chi connectivity index (χ4n) is 2.08. The van der Waals surface area contributed by atoms with Gasteiger partial charge in [0, 0.05) is 5.69 Å². The number of hydrogen-bond donors (Lipinski definition) is 2. The molecule has 0 radical (unpaired) electrons. The summed E-state index contributed by atoms with van der Waals surface area (Å²) in [6, 6.07) is 14.1. The van der Waals surface area contributed by atoms with Gasteiger partial charge in [-0.25, -0.2) is 0 Å². The third-order valence-corrected chi connectivity index (χ3v) is 3.18. The first-order valence-electron chi connectivity index (χ1n) is 7.01. The summed E-state index contributed by atoms with van der Waals surface area (Å²) >= 11 is 0. The number of rotatable bonds is 6. The van der Waals surface area contributed by atoms with E-state index in [4.69, 9.17) is 10.5 Å². The molecule has 0 unspecified atom stereocenters. The molecule has 2 aromatic rings. The second-order valence-electron chi connectivity index (χ2n) is 4.71. The zero-order valence-electron chi connectivity index (χ0n) is 12.3. The van der Waals surface area contributed by atoms with Gasteiger partial charge >= 0.3 is 0 Å². The Labute approximate surface area is 129 Å². The third-order valence-electron chi connectivity index (χ3n) is 3.18. The second-order valence-corrected chi connectivity index (χ2v) is 4.71. The summed E-state index contributed by atoms with van der Waals surface area (Å²) in [4.78, 5) is 23.3. The first-order chi connectivity index (χ1) is 10.6. The molecule has 0 aliphatic heterocycles. The van der Waals surface area contributed by atoms with Crippen LogP contribution in [0.1, 0.15) is 22.8 Å². The van der Waals surface area contributed by atoms with Gasteiger partial charge in [0.15, 0.2) is 6.61 Å². The standard InChI is InChI=1S/C17H18N2O3/c1-2-12-7-3-5-9-14(12)19-16(20)11-22-15-10-6-4-8-13(15)17(18)21/h3-10H,2,11H2,1H3,(H2,18,21)(H,19,20). The number of amides is 2. The quantitative estimate of drug-likeness (QED) is 0.859. The Morgan fingerprint density at radius 3 is 2.50 bits per heavy atom. The SMILES string of the molecule is CCc1ccccc1NC(=O)COc1ccccc1C(N)=O. The van der Waals surface area contributed by atoms with E-state index in [9.17, 15) is 9.59 Å². The van der Waals surface area contributed by atoms with Gasteiger partial charge in [-0.2, -0.15) is 0 Å². The Kier molecular flexibility index (Phi) is 5.14. The van der Waals surface area contributed by atoms with Crippen LogP contribution in [0.3, 0.4) is 0 Å². The van der Waals surface area contributed by atoms with Gasteiger partial charge in [-0.05, 0) is 30.2 Å². The van der Waals surface area contributed by atoms with Crippen molar-refractivity contribution in [3.05, 3.63) is 59.7 Å². The van der Waals surface area contributed by atoms with E-state index in [1.54, 1.807) is 24.3 Å². The summed E-state index contributed by atoms with van der Waals surface area (Å²) in [6.45, 7) is 1.83. The zero-order valence-corrected chi connectivity index (χ0v) is 12.3. The molecule has 0 aliphatic carbocycles. The normalized spacial score (nSPS) is 10.0. The minimum absolute atomic E-state index is 0.192. The Hall–Kier alpha value is -2.82. The van der Waals surface area contributed by atoms with Crippen LogP contribution in [0.25, 0.3) is 0 Å². The van der Waals surface area contributed by atoms with Gasteiger partial charge in [0.25, 0.3) is 11.8 Å². The van der Waals surface area contributed by atoms with E-state index in [-0.39, 0.29) is 18.1 Å². The van der Waals surface area contributed by atoms with Crippen molar-refractivity contribution in [2.24, 2.45) is 5.73 Å². The van der Waals surface area contributed by atoms with Gasteiger partial charge in [0.1, 0.15) is 5.75 Å². The van der Waals surface area contributed by atoms with E-state index in [0.29, 0.717) is 5.75 Å². The van der Waals surface area contributed by atoms with Crippen LogP contribution in [0, 0.1) is 0 Å². The molecule has 0 spiro atoms. The van der Waals surface area contributed by atoms with Crippen LogP contribution >= 0.6 is 0 Å². The number of aryl methyl sites for hydroxylation is 1. The lowest BCUT2D eigenvalue weighted by Crippen LogP contribution is -2.22. The summed E-state index contributed by atoms with van der Waals surface area (Å²) in [5.74, 6) is -0.582. The summed E-state index contributed by atoms with van der Waals surface area (Å²) in [5.41, 5.74) is 7.33. The maximum Gasteiger partial charge on any atom is 0.262 e. The van der Waals surface area contributed by atoms with E-state index in [1.807, 2.05) is 31.2 Å². The largest absolute Gasteiger partial charge is 0.483 e. The predicted octanol–water partition coefficient (Wildman–Crippen LogP) is 2.37. The van der Waals surface area contributed by atoms with E-state index >= 15 is 0 Å². The second kappa shape index (κ2) is 7.26. The van der Waals surface area contributed by atoms with Crippen molar-refractivity contribution in [1.29, 1.82) is 0 Å². The number of carbonyl (C=O) groups excluding carboxylic acids is 2. The van der Waals surface area contributed by atoms with Crippen molar-refractivity contribution in [2.45, 2.75) is 13.3 Å². The van der Waals surface area contributed by atoms with Crippen molar-refractivity contribution in [3.8, 4) is 5.75 Å². The minimum atomic E-state index is -0.590. The molecule has 22 heavy (non-hydrogen) atoms. The summed E-state index contributed by atoms with van der Waals surface area (Å²) < 4.78 is 5.39. The molecule has 2 aromatic carbocycles. The Morgan fingerprint density at radius 1 is 1.09 bits per heavy atom. The van der Waals surface area contributed by atoms with Gasteiger partial charge in [-0.3, -0.25) is 9.59 Å². The molecule has 2 rings (SSSR count). The van der Waals surface area contributed by atoms with Crippen LogP contribution < -0.4 is 15.8 Å². The molecule has 3 N–H and O–H groups in total. The average Bonchev–Trinajstić information content (AvgIpc) is 2.53. The number of primary amides is 1. The first-order valence-corrected chi connectivity index (χ1v) is 7.01. The molecule has 5 heteroatoms. The van der Waals surface area contributed by atoms with Gasteiger partial charge in [-0.15, -0.1) is 0 Å². The van der Waals surface area contributed by atoms with Crippen molar-refractivity contribution >= 4 is 17.5 Å². The molecule has 114 valence electrons. The number of ether oxygens (including phenoxy) is 1. The van der Waals surface area contributed by atoms with E-state index < -0.39 is 5.91 Å². The van der Waals surface area contributed by atoms with Crippen LogP contribution in [0.15, 0.2) is 48.5 Å². The van der Waals surface area contributed by atoms with Gasteiger partial charge in [0.05, 0.1) is 5.56 Å². The number of anilines is 1. The number of nitrogens with two attached hydrogens (primary N) is 1. The highest BCUT2D eigenvalue weighted by atomic mass is 16.5. The molecule has 0 heterocycles. The van der Waals surface area contributed by atoms with Crippen LogP contribution in [-0.2, 0) is 11.2 Å². The molecule has 0 aromatic heterocycles. The zero-order chi connectivity index (χ0) is 15.9. The molecule has 0 saturated heterocycles. The van der Waals surface area contributed by atoms with Crippen molar-refractivity contribution in [1.82, 2.24) is 0 Å². The number of benzene rings is 2. The molecule has 0 saturated carbocycles. The average molecular weight is 298 g/mol. The highest BCUT2D eigenvalue weighted by Gasteiger charge is 2.11. The molecule has 0 aliphatic rings. The lowest BCUT2D eigenvalue weighted by molar-refractivity contribution is -0.118. The fraction of sp³-hybridized carbons (Fsp3) is 0.176. The smallest absolute Gasteiger partial charge is 0.262 e. The first kappa shape index (κ1) is 15.6. The van der Waals surface area contributed by atoms with E-state index in [2.05, 4.69) is 5.32 Å². The molecular formula is C17H18N2O3. The fourth-order valence-corrected chi connectivity index (χ4v) is 2.08. The lowest BCUT2D eigenvalue weighted by Gasteiger charge is -2.11. The maximum atomic E-state index is 12.0. The lowest BCUT2D eigenvalue weighted by atomic mass is 10.1. The van der Waals surface area contributed by atoms with Crippen LogP contribution in [0.5, 0.6) is 5.75 Å². The summed E-state index contributed by atoms with van der Waals surface area (Å²) in [7, 11) is 0. The number of carbonyl (C=O) groups is 2. The third kappa shape index (κ3) is 3.85. The highest BCUT2D eigenvalue weighted by molar-refractivity contribution is 5.96. The Bertz CT molecular complexity index is 683. The minimum Gasteiger partial charge on any atom is -0.483 e. The monoisotopic (exact) mass is 298 g/mol. The summed E-state index contributed by atoms with van der Waals surface area (Å²) in [6.07, 6.45) is 0.821. The van der Waals surface area contributed by atoms with Gasteiger partial charge in [0.2, 0.25) is 0 Å². The van der Waals surface area contributed by atoms with Gasteiger partial charge < -0.3 is 15.8 Å². The number of nitrogens with one attached hydrogen (secondary N) is 1. The maximum absolute atomic E-state index is 12.0. The molecular weight excluding hydrogens is 280 g/mol. The van der Waals surface area contributed by atoms with E-state index in [1.165, 1.54) is 0 Å². The molecule has 2 amide bonds. The predicted molar refractivity (Wildman–Crippen MR) is 84.9 cm³/mol. The van der Waals surface area contributed by atoms with Crippen LogP contribution in [-0.4, -0.2) is 18.4 Å². The number of para-hydroxylation sites is 2. The van der Waals surface area contributed by atoms with Crippen molar-refractivity contribution < 1.29 is 14.3 Å². The van der Waals surface area contributed by atoms with Crippen LogP contribution in [0.2, 0.25) is 0 Å². The van der Waals surface area contributed by atoms with Gasteiger partial charge in [-0.1, -0.05) is 37.3 Å².